The molecule has 0 aromatic carbocycles. The van der Waals surface area contributed by atoms with Crippen LogP contribution in [0.25, 0.3) is 0 Å². The molecule has 3 nitrogen and oxygen atoms in total. The first-order valence-corrected chi connectivity index (χ1v) is 6.56. The van der Waals surface area contributed by atoms with Crippen LogP contribution in [0.5, 0.6) is 0 Å². The van der Waals surface area contributed by atoms with Gasteiger partial charge >= 0.3 is 0 Å². The Balaban J connectivity index is 2.10. The van der Waals surface area contributed by atoms with Crippen LogP contribution in [0, 0.1) is 0 Å². The topological polar surface area (TPSA) is 42.0 Å². The lowest BCUT2D eigenvalue weighted by Gasteiger charge is -1.97. The Kier molecular flexibility index (Phi) is 2.64. The Bertz CT molecular complexity index is 313. The number of rotatable bonds is 3. The van der Waals surface area contributed by atoms with Crippen LogP contribution in [-0.2, 0) is 23.8 Å². The largest absolute Gasteiger partial charge is 0.281 e. The molecule has 1 aliphatic rings. The van der Waals surface area contributed by atoms with E-state index in [1.807, 2.05) is 6.92 Å². The highest BCUT2D eigenvalue weighted by Crippen LogP contribution is 2.30. The van der Waals surface area contributed by atoms with Crippen LogP contribution in [0.2, 0.25) is 0 Å². The Morgan fingerprint density at radius 2 is 2.46 bits per heavy atom. The lowest BCUT2D eigenvalue weighted by molar-refractivity contribution is 0.687. The number of hydrogen-bond acceptors (Lipinski definition) is 3. The van der Waals surface area contributed by atoms with E-state index in [-0.39, 0.29) is 0 Å². The molecule has 0 spiro atoms. The summed E-state index contributed by atoms with van der Waals surface area (Å²) in [5.74, 6) is 0.629. The predicted molar refractivity (Wildman–Crippen MR) is 56.4 cm³/mol. The number of hydrogen-bond donors (Lipinski definition) is 1. The molecular formula is C8H12N2OS2. The van der Waals surface area contributed by atoms with Gasteiger partial charge < -0.3 is 0 Å². The average Bonchev–Trinajstić information content (AvgIpc) is 2.63. The van der Waals surface area contributed by atoms with E-state index in [1.54, 1.807) is 11.3 Å². The molecule has 1 aromatic rings. The summed E-state index contributed by atoms with van der Waals surface area (Å²) in [6.45, 7) is 1.89. The third-order valence-electron chi connectivity index (χ3n) is 2.06. The fourth-order valence-electron chi connectivity index (χ4n) is 1.40. The van der Waals surface area contributed by atoms with E-state index in [2.05, 4.69) is 9.71 Å². The SMILES string of the molecule is CCS(=O)Nc1nc2c(s1)CCC2. The van der Waals surface area contributed by atoms with Gasteiger partial charge in [-0.25, -0.2) is 9.19 Å². The zero-order valence-corrected chi connectivity index (χ0v) is 9.13. The lowest BCUT2D eigenvalue weighted by atomic mass is 10.4. The number of anilines is 1. The minimum absolute atomic E-state index is 0.629. The van der Waals surface area contributed by atoms with Crippen molar-refractivity contribution in [2.24, 2.45) is 0 Å². The summed E-state index contributed by atoms with van der Waals surface area (Å²) in [6.07, 6.45) is 3.46. The Morgan fingerprint density at radius 1 is 1.62 bits per heavy atom. The van der Waals surface area contributed by atoms with Gasteiger partial charge in [-0.3, -0.25) is 4.72 Å². The summed E-state index contributed by atoms with van der Waals surface area (Å²) in [5.41, 5.74) is 1.21. The minimum Gasteiger partial charge on any atom is -0.281 e. The highest BCUT2D eigenvalue weighted by atomic mass is 32.2. The van der Waals surface area contributed by atoms with E-state index in [9.17, 15) is 4.21 Å². The van der Waals surface area contributed by atoms with Crippen molar-refractivity contribution in [2.75, 3.05) is 10.5 Å². The molecule has 1 unspecified atom stereocenters. The van der Waals surface area contributed by atoms with E-state index >= 15 is 0 Å². The molecule has 5 heteroatoms. The Hall–Kier alpha value is -0.420. The van der Waals surface area contributed by atoms with Gasteiger partial charge in [0.25, 0.3) is 0 Å². The molecule has 0 bridgehead atoms. The minimum atomic E-state index is -0.953. The Morgan fingerprint density at radius 3 is 3.15 bits per heavy atom. The van der Waals surface area contributed by atoms with E-state index in [1.165, 1.54) is 17.0 Å². The van der Waals surface area contributed by atoms with Crippen LogP contribution in [0.3, 0.4) is 0 Å². The number of aromatic nitrogens is 1. The van der Waals surface area contributed by atoms with Crippen molar-refractivity contribution in [3.63, 3.8) is 0 Å². The quantitative estimate of drug-likeness (QED) is 0.836. The van der Waals surface area contributed by atoms with Crippen molar-refractivity contribution < 1.29 is 4.21 Å². The summed E-state index contributed by atoms with van der Waals surface area (Å²) >= 11 is 1.65. The molecule has 1 aromatic heterocycles. The molecule has 0 aliphatic heterocycles. The Labute approximate surface area is 84.2 Å². The van der Waals surface area contributed by atoms with Crippen LogP contribution in [0.4, 0.5) is 5.13 Å². The standard InChI is InChI=1S/C8H12N2OS2/c1-2-13(11)10-8-9-6-4-3-5-7(6)12-8/h2-5H2,1H3,(H,9,10). The fourth-order valence-corrected chi connectivity index (χ4v) is 3.13. The number of nitrogens with zero attached hydrogens (tertiary/aromatic N) is 1. The predicted octanol–water partition coefficient (Wildman–Crippen LogP) is 1.73. The number of nitrogens with one attached hydrogen (secondary N) is 1. The van der Waals surface area contributed by atoms with Crippen molar-refractivity contribution in [1.29, 1.82) is 0 Å². The fraction of sp³-hybridized carbons (Fsp3) is 0.625. The van der Waals surface area contributed by atoms with Crippen molar-refractivity contribution in [1.82, 2.24) is 4.98 Å². The molecule has 1 heterocycles. The van der Waals surface area contributed by atoms with Crippen molar-refractivity contribution in [3.8, 4) is 0 Å². The molecule has 72 valence electrons. The van der Waals surface area contributed by atoms with Crippen LogP contribution in [-0.4, -0.2) is 14.9 Å². The first kappa shape index (κ1) is 9.15. The molecule has 0 amide bonds. The van der Waals surface area contributed by atoms with E-state index < -0.39 is 11.0 Å². The highest BCUT2D eigenvalue weighted by Gasteiger charge is 2.16. The second-order valence-corrected chi connectivity index (χ2v) is 5.53. The second-order valence-electron chi connectivity index (χ2n) is 2.98. The molecule has 0 saturated heterocycles. The van der Waals surface area contributed by atoms with Crippen molar-refractivity contribution in [3.05, 3.63) is 10.6 Å². The van der Waals surface area contributed by atoms with Gasteiger partial charge in [-0.1, -0.05) is 6.92 Å². The first-order chi connectivity index (χ1) is 6.29. The highest BCUT2D eigenvalue weighted by molar-refractivity contribution is 7.86. The second kappa shape index (κ2) is 3.75. The first-order valence-electron chi connectivity index (χ1n) is 4.43. The maximum Gasteiger partial charge on any atom is 0.195 e. The van der Waals surface area contributed by atoms with E-state index in [4.69, 9.17) is 0 Å². The smallest absolute Gasteiger partial charge is 0.195 e. The number of thiazole rings is 1. The van der Waals surface area contributed by atoms with Crippen LogP contribution in [0.15, 0.2) is 0 Å². The maximum atomic E-state index is 11.2. The van der Waals surface area contributed by atoms with Gasteiger partial charge in [0, 0.05) is 10.6 Å². The molecule has 1 atom stereocenters. The van der Waals surface area contributed by atoms with Gasteiger partial charge in [0.1, 0.15) is 11.0 Å². The molecule has 1 aliphatic carbocycles. The zero-order valence-electron chi connectivity index (χ0n) is 7.50. The normalized spacial score (nSPS) is 17.0. The van der Waals surface area contributed by atoms with Crippen molar-refractivity contribution >= 4 is 27.5 Å². The number of aryl methyl sites for hydroxylation is 2. The van der Waals surface area contributed by atoms with Crippen molar-refractivity contribution in [2.45, 2.75) is 26.2 Å². The molecule has 0 radical (unpaired) electrons. The summed E-state index contributed by atoms with van der Waals surface area (Å²) in [7, 11) is -0.953. The summed E-state index contributed by atoms with van der Waals surface area (Å²) in [4.78, 5) is 5.76. The monoisotopic (exact) mass is 216 g/mol. The van der Waals surface area contributed by atoms with Gasteiger partial charge in [0.05, 0.1) is 5.69 Å². The van der Waals surface area contributed by atoms with Gasteiger partial charge in [-0.15, -0.1) is 11.3 Å². The molecule has 0 saturated carbocycles. The summed E-state index contributed by atoms with van der Waals surface area (Å²) in [5, 5.41) is 0.824. The lowest BCUT2D eigenvalue weighted by Crippen LogP contribution is -2.05. The number of fused-ring (bicyclic) bond motifs is 1. The molecule has 1 N–H and O–H groups in total. The summed E-state index contributed by atoms with van der Waals surface area (Å²) in [6, 6.07) is 0. The average molecular weight is 216 g/mol. The van der Waals surface area contributed by atoms with Gasteiger partial charge in [-0.2, -0.15) is 0 Å². The molecule has 2 rings (SSSR count). The maximum absolute atomic E-state index is 11.2. The van der Waals surface area contributed by atoms with Gasteiger partial charge in [-0.05, 0) is 19.3 Å². The molecule has 0 fully saturated rings. The third-order valence-corrected chi connectivity index (χ3v) is 4.21. The van der Waals surface area contributed by atoms with Gasteiger partial charge in [0.15, 0.2) is 5.13 Å². The summed E-state index contributed by atoms with van der Waals surface area (Å²) < 4.78 is 14.1. The van der Waals surface area contributed by atoms with E-state index in [0.29, 0.717) is 5.75 Å². The molecule has 13 heavy (non-hydrogen) atoms. The third kappa shape index (κ3) is 1.91. The molecular weight excluding hydrogens is 204 g/mol. The van der Waals surface area contributed by atoms with E-state index in [0.717, 1.165) is 18.0 Å². The van der Waals surface area contributed by atoms with Crippen LogP contribution < -0.4 is 4.72 Å². The van der Waals surface area contributed by atoms with Gasteiger partial charge in [0.2, 0.25) is 0 Å². The van der Waals surface area contributed by atoms with Crippen LogP contribution in [0.1, 0.15) is 23.9 Å². The zero-order chi connectivity index (χ0) is 9.26. The van der Waals surface area contributed by atoms with Crippen LogP contribution >= 0.6 is 11.3 Å².